The second kappa shape index (κ2) is 10.2. The lowest BCUT2D eigenvalue weighted by molar-refractivity contribution is -0.146. The summed E-state index contributed by atoms with van der Waals surface area (Å²) in [5, 5.41) is 10.2. The summed E-state index contributed by atoms with van der Waals surface area (Å²) < 4.78 is 11.1. The van der Waals surface area contributed by atoms with Crippen molar-refractivity contribution < 1.29 is 24.2 Å². The number of benzene rings is 2. The average molecular weight is 462 g/mol. The van der Waals surface area contributed by atoms with Gasteiger partial charge in [0.1, 0.15) is 5.92 Å². The first-order valence-corrected chi connectivity index (χ1v) is 11.9. The maximum Gasteiger partial charge on any atom is 0.315 e. The molecule has 1 aliphatic heterocycles. The minimum Gasteiger partial charge on any atom is -0.504 e. The van der Waals surface area contributed by atoms with Crippen molar-refractivity contribution in [3.05, 3.63) is 70.9 Å². The molecule has 6 nitrogen and oxygen atoms in total. The van der Waals surface area contributed by atoms with E-state index >= 15 is 0 Å². The van der Waals surface area contributed by atoms with E-state index in [1.807, 2.05) is 51.1 Å². The molecule has 0 fully saturated rings. The molecule has 0 bridgehead atoms. The molecule has 0 amide bonds. The molecule has 2 aliphatic rings. The van der Waals surface area contributed by atoms with E-state index in [0.29, 0.717) is 49.5 Å². The van der Waals surface area contributed by atoms with Crippen LogP contribution in [0.4, 0.5) is 0 Å². The van der Waals surface area contributed by atoms with Crippen molar-refractivity contribution in [1.82, 2.24) is 0 Å². The normalized spacial score (nSPS) is 22.1. The van der Waals surface area contributed by atoms with Gasteiger partial charge < -0.3 is 14.6 Å². The van der Waals surface area contributed by atoms with Crippen LogP contribution in [0.2, 0.25) is 0 Å². The average Bonchev–Trinajstić information content (AvgIpc) is 2.83. The number of Topliss-reactive ketones (excluding diaryl/α,β-unsaturated/α-hetero) is 1. The molecule has 6 heteroatoms. The van der Waals surface area contributed by atoms with Gasteiger partial charge >= 0.3 is 5.97 Å². The van der Waals surface area contributed by atoms with Crippen LogP contribution in [-0.4, -0.2) is 35.8 Å². The first kappa shape index (κ1) is 23.7. The molecule has 178 valence electrons. The maximum atomic E-state index is 13.6. The Morgan fingerprint density at radius 2 is 1.85 bits per heavy atom. The number of aliphatic imine (C=N–C) groups is 1. The number of allylic oxidation sites excluding steroid dienone is 2. The molecule has 0 spiro atoms. The van der Waals surface area contributed by atoms with Crippen LogP contribution in [0.15, 0.2) is 64.8 Å². The Kier molecular flexibility index (Phi) is 7.15. The van der Waals surface area contributed by atoms with Gasteiger partial charge in [-0.2, -0.15) is 0 Å². The summed E-state index contributed by atoms with van der Waals surface area (Å²) in [6, 6.07) is 15.0. The number of aromatic hydroxyl groups is 1. The molecule has 2 aromatic rings. The number of nitrogens with zero attached hydrogens (tertiary/aromatic N) is 1. The van der Waals surface area contributed by atoms with Gasteiger partial charge in [-0.3, -0.25) is 14.6 Å². The molecule has 1 N–H and O–H groups in total. The lowest BCUT2D eigenvalue weighted by Gasteiger charge is -2.36. The van der Waals surface area contributed by atoms with Crippen LogP contribution in [0.3, 0.4) is 0 Å². The number of phenolic OH excluding ortho intramolecular Hbond substituents is 1. The Hall–Kier alpha value is -3.41. The molecule has 4 rings (SSSR count). The van der Waals surface area contributed by atoms with E-state index in [-0.39, 0.29) is 23.4 Å². The number of carbonyl (C=O) groups is 2. The summed E-state index contributed by atoms with van der Waals surface area (Å²) in [5.41, 5.74) is 3.78. The molecule has 1 heterocycles. The number of hydrogen-bond acceptors (Lipinski definition) is 6. The highest BCUT2D eigenvalue weighted by Gasteiger charge is 2.45. The molecule has 0 aromatic heterocycles. The monoisotopic (exact) mass is 461 g/mol. The molecular formula is C28H31NO5. The summed E-state index contributed by atoms with van der Waals surface area (Å²) in [6.45, 7) is 6.30. The number of carbonyl (C=O) groups excluding carboxylic acids is 2. The van der Waals surface area contributed by atoms with Gasteiger partial charge in [0, 0.05) is 29.3 Å². The van der Waals surface area contributed by atoms with Gasteiger partial charge in [-0.15, -0.1) is 0 Å². The van der Waals surface area contributed by atoms with Crippen molar-refractivity contribution >= 4 is 17.5 Å². The van der Waals surface area contributed by atoms with Gasteiger partial charge in [0.2, 0.25) is 0 Å². The van der Waals surface area contributed by atoms with Crippen LogP contribution in [0, 0.1) is 5.92 Å². The van der Waals surface area contributed by atoms with Crippen LogP contribution in [0.1, 0.15) is 63.0 Å². The maximum absolute atomic E-state index is 13.6. The Morgan fingerprint density at radius 3 is 2.56 bits per heavy atom. The molecule has 1 aliphatic carbocycles. The fourth-order valence-corrected chi connectivity index (χ4v) is 4.97. The van der Waals surface area contributed by atoms with Crippen LogP contribution in [0.5, 0.6) is 11.5 Å². The van der Waals surface area contributed by atoms with E-state index in [4.69, 9.17) is 14.5 Å². The first-order valence-electron chi connectivity index (χ1n) is 11.9. The second-order valence-corrected chi connectivity index (χ2v) is 8.84. The topological polar surface area (TPSA) is 85.2 Å². The van der Waals surface area contributed by atoms with Crippen LogP contribution in [0.25, 0.3) is 0 Å². The fraction of sp³-hybridized carbons (Fsp3) is 0.393. The van der Waals surface area contributed by atoms with Crippen LogP contribution in [-0.2, 0) is 14.3 Å². The van der Waals surface area contributed by atoms with Crippen molar-refractivity contribution in [3.63, 3.8) is 0 Å². The zero-order chi connectivity index (χ0) is 24.2. The minimum atomic E-state index is -0.707. The lowest BCUT2D eigenvalue weighted by atomic mass is 9.69. The standard InChI is InChI=1S/C28H31NO5/c1-4-13-34-28(32)25-17(3)29-21-14-20(18-9-7-6-8-10-18)15-23(31)27(21)26(25)19-11-12-22(30)24(16-19)33-5-2/h6-12,16,20,25-26,30H,4-5,13-15H2,1-3H3/t20-,25?,26+/m1/s1. The summed E-state index contributed by atoms with van der Waals surface area (Å²) in [7, 11) is 0. The van der Waals surface area contributed by atoms with E-state index in [2.05, 4.69) is 0 Å². The van der Waals surface area contributed by atoms with E-state index in [1.165, 1.54) is 0 Å². The molecule has 0 saturated heterocycles. The molecular weight excluding hydrogens is 430 g/mol. The zero-order valence-electron chi connectivity index (χ0n) is 19.9. The minimum absolute atomic E-state index is 0.00400. The van der Waals surface area contributed by atoms with Gasteiger partial charge in [0.05, 0.1) is 13.2 Å². The quantitative estimate of drug-likeness (QED) is 0.564. The van der Waals surface area contributed by atoms with Crippen molar-refractivity contribution in [2.24, 2.45) is 10.9 Å². The summed E-state index contributed by atoms with van der Waals surface area (Å²) >= 11 is 0. The smallest absolute Gasteiger partial charge is 0.315 e. The third-order valence-electron chi connectivity index (χ3n) is 6.50. The Morgan fingerprint density at radius 1 is 1.09 bits per heavy atom. The van der Waals surface area contributed by atoms with Crippen molar-refractivity contribution in [3.8, 4) is 11.5 Å². The molecule has 3 atom stereocenters. The number of phenols is 1. The largest absolute Gasteiger partial charge is 0.504 e. The van der Waals surface area contributed by atoms with Crippen molar-refractivity contribution in [1.29, 1.82) is 0 Å². The Bertz CT molecular complexity index is 1130. The number of ketones is 1. The highest BCUT2D eigenvalue weighted by atomic mass is 16.5. The molecule has 0 saturated carbocycles. The molecule has 0 radical (unpaired) electrons. The van der Waals surface area contributed by atoms with E-state index in [1.54, 1.807) is 18.2 Å². The summed E-state index contributed by atoms with van der Waals surface area (Å²) in [4.78, 5) is 31.6. The number of rotatable bonds is 7. The van der Waals surface area contributed by atoms with Gasteiger partial charge in [-0.05, 0) is 55.9 Å². The van der Waals surface area contributed by atoms with E-state index in [0.717, 1.165) is 16.8 Å². The first-order chi connectivity index (χ1) is 16.4. The summed E-state index contributed by atoms with van der Waals surface area (Å²) in [6.07, 6.45) is 1.70. The highest BCUT2D eigenvalue weighted by Crippen LogP contribution is 2.47. The third kappa shape index (κ3) is 4.63. The highest BCUT2D eigenvalue weighted by molar-refractivity contribution is 6.09. The van der Waals surface area contributed by atoms with Gasteiger partial charge in [-0.1, -0.05) is 43.3 Å². The number of ether oxygens (including phenoxy) is 2. The van der Waals surface area contributed by atoms with Crippen LogP contribution < -0.4 is 4.74 Å². The zero-order valence-corrected chi connectivity index (χ0v) is 19.9. The van der Waals surface area contributed by atoms with Crippen molar-refractivity contribution in [2.75, 3.05) is 13.2 Å². The van der Waals surface area contributed by atoms with Crippen LogP contribution >= 0.6 is 0 Å². The number of esters is 1. The van der Waals surface area contributed by atoms with Gasteiger partial charge in [0.25, 0.3) is 0 Å². The van der Waals surface area contributed by atoms with Gasteiger partial charge in [0.15, 0.2) is 17.3 Å². The summed E-state index contributed by atoms with van der Waals surface area (Å²) in [5.74, 6) is -1.24. The molecule has 34 heavy (non-hydrogen) atoms. The third-order valence-corrected chi connectivity index (χ3v) is 6.50. The number of hydrogen-bond donors (Lipinski definition) is 1. The van der Waals surface area contributed by atoms with Gasteiger partial charge in [-0.25, -0.2) is 0 Å². The Balaban J connectivity index is 1.81. The predicted octanol–water partition coefficient (Wildman–Crippen LogP) is 5.32. The molecule has 1 unspecified atom stereocenters. The molecule has 2 aromatic carbocycles. The predicted molar refractivity (Wildman–Crippen MR) is 130 cm³/mol. The SMILES string of the molecule is CCCOC(=O)C1C(C)=NC2=C(C(=O)C[C@H](c3ccccc3)C2)[C@H]1c1ccc(O)c(OCC)c1. The lowest BCUT2D eigenvalue weighted by Crippen LogP contribution is -2.38. The fourth-order valence-electron chi connectivity index (χ4n) is 4.97. The second-order valence-electron chi connectivity index (χ2n) is 8.84. The van der Waals surface area contributed by atoms with E-state index in [9.17, 15) is 14.7 Å². The van der Waals surface area contributed by atoms with Crippen molar-refractivity contribution in [2.45, 2.75) is 51.9 Å². The van der Waals surface area contributed by atoms with E-state index < -0.39 is 11.8 Å². The Labute approximate surface area is 200 Å².